The molecule has 2 aliphatic heterocycles. The number of hydrogen-bond acceptors (Lipinski definition) is 3. The van der Waals surface area contributed by atoms with Crippen LogP contribution in [-0.4, -0.2) is 28.6 Å². The molecule has 2 unspecified atom stereocenters. The van der Waals surface area contributed by atoms with E-state index in [2.05, 4.69) is 57.6 Å². The Bertz CT molecular complexity index is 391. The number of hydrazone groups is 1. The van der Waals surface area contributed by atoms with Gasteiger partial charge in [-0.25, -0.2) is 0 Å². The fraction of sp³-hybridized carbons (Fsp3) is 0.714. The highest BCUT2D eigenvalue weighted by atomic mass is 15.6. The molecule has 0 aromatic carbocycles. The molecule has 2 rings (SSSR count). The molecule has 17 heavy (non-hydrogen) atoms. The Morgan fingerprint density at radius 3 is 2.29 bits per heavy atom. The second-order valence-electron chi connectivity index (χ2n) is 6.87. The minimum absolute atomic E-state index is 0.0123. The van der Waals surface area contributed by atoms with Crippen molar-refractivity contribution in [1.82, 2.24) is 5.01 Å². The predicted molar refractivity (Wildman–Crippen MR) is 73.4 cm³/mol. The Hall–Kier alpha value is -1.12. The Balaban J connectivity index is 2.41. The number of dihydropyridines is 1. The maximum atomic E-state index is 4.86. The van der Waals surface area contributed by atoms with E-state index in [1.165, 1.54) is 5.71 Å². The van der Waals surface area contributed by atoms with Gasteiger partial charge in [0.05, 0.1) is 17.2 Å². The zero-order chi connectivity index (χ0) is 12.8. The van der Waals surface area contributed by atoms with Crippen molar-refractivity contribution in [3.05, 3.63) is 12.2 Å². The van der Waals surface area contributed by atoms with Crippen LogP contribution >= 0.6 is 0 Å². The summed E-state index contributed by atoms with van der Waals surface area (Å²) in [6.45, 7) is 13.2. The minimum Gasteiger partial charge on any atom is -0.267 e. The summed E-state index contributed by atoms with van der Waals surface area (Å²) in [6.07, 6.45) is 6.30. The SMILES string of the molecule is CC(C)(C)C1=NN(C(C)(C)C)C2N=CC=CC12. The van der Waals surface area contributed by atoms with Crippen LogP contribution in [0.25, 0.3) is 0 Å². The van der Waals surface area contributed by atoms with Gasteiger partial charge in [-0.1, -0.05) is 26.8 Å². The van der Waals surface area contributed by atoms with Crippen molar-refractivity contribution < 1.29 is 0 Å². The molecule has 0 radical (unpaired) electrons. The van der Waals surface area contributed by atoms with E-state index in [4.69, 9.17) is 5.10 Å². The summed E-state index contributed by atoms with van der Waals surface area (Å²) in [6, 6.07) is 0. The highest BCUT2D eigenvalue weighted by Gasteiger charge is 2.44. The normalized spacial score (nSPS) is 28.4. The second kappa shape index (κ2) is 3.69. The molecule has 0 amide bonds. The molecule has 0 saturated carbocycles. The van der Waals surface area contributed by atoms with Gasteiger partial charge in [-0.3, -0.25) is 10.0 Å². The molecule has 2 aliphatic rings. The molecule has 0 bridgehead atoms. The van der Waals surface area contributed by atoms with E-state index in [0.717, 1.165) is 0 Å². The Kier molecular flexibility index (Phi) is 2.68. The molecule has 0 aliphatic carbocycles. The molecular formula is C14H23N3. The number of allylic oxidation sites excluding steroid dienone is 1. The van der Waals surface area contributed by atoms with Gasteiger partial charge in [0.15, 0.2) is 0 Å². The zero-order valence-corrected chi connectivity index (χ0v) is 11.7. The summed E-state index contributed by atoms with van der Waals surface area (Å²) < 4.78 is 0. The molecule has 0 N–H and O–H groups in total. The highest BCUT2D eigenvalue weighted by Crippen LogP contribution is 2.37. The molecule has 0 fully saturated rings. The first-order valence-electron chi connectivity index (χ1n) is 6.29. The van der Waals surface area contributed by atoms with Gasteiger partial charge in [-0.2, -0.15) is 5.10 Å². The maximum Gasteiger partial charge on any atom is 0.149 e. The Morgan fingerprint density at radius 1 is 1.12 bits per heavy atom. The van der Waals surface area contributed by atoms with Gasteiger partial charge in [-0.05, 0) is 26.8 Å². The summed E-state index contributed by atoms with van der Waals surface area (Å²) in [7, 11) is 0. The monoisotopic (exact) mass is 233 g/mol. The number of fused-ring (bicyclic) bond motifs is 1. The third kappa shape index (κ3) is 2.15. The van der Waals surface area contributed by atoms with Crippen LogP contribution < -0.4 is 0 Å². The largest absolute Gasteiger partial charge is 0.267 e. The van der Waals surface area contributed by atoms with Crippen molar-refractivity contribution in [2.45, 2.75) is 53.2 Å². The summed E-state index contributed by atoms with van der Waals surface area (Å²) in [5.74, 6) is 0.333. The molecular weight excluding hydrogens is 210 g/mol. The van der Waals surface area contributed by atoms with Gasteiger partial charge in [-0.15, -0.1) is 0 Å². The van der Waals surface area contributed by atoms with Gasteiger partial charge in [0, 0.05) is 11.6 Å². The first-order chi connectivity index (χ1) is 7.71. The van der Waals surface area contributed by atoms with Crippen LogP contribution in [-0.2, 0) is 0 Å². The van der Waals surface area contributed by atoms with Crippen molar-refractivity contribution in [1.29, 1.82) is 0 Å². The van der Waals surface area contributed by atoms with Gasteiger partial charge in [0.25, 0.3) is 0 Å². The third-order valence-corrected chi connectivity index (χ3v) is 3.20. The predicted octanol–water partition coefficient (Wildman–Crippen LogP) is 3.09. The van der Waals surface area contributed by atoms with E-state index in [9.17, 15) is 0 Å². The lowest BCUT2D eigenvalue weighted by molar-refractivity contribution is 0.0981. The van der Waals surface area contributed by atoms with Crippen LogP contribution in [0, 0.1) is 11.3 Å². The average molecular weight is 233 g/mol. The molecule has 2 atom stereocenters. The summed E-state index contributed by atoms with van der Waals surface area (Å²) >= 11 is 0. The van der Waals surface area contributed by atoms with Crippen molar-refractivity contribution in [2.75, 3.05) is 0 Å². The van der Waals surface area contributed by atoms with Crippen molar-refractivity contribution in [3.63, 3.8) is 0 Å². The van der Waals surface area contributed by atoms with E-state index in [1.807, 2.05) is 12.3 Å². The summed E-state index contributed by atoms with van der Waals surface area (Å²) in [5.41, 5.74) is 1.35. The first-order valence-corrected chi connectivity index (χ1v) is 6.29. The lowest BCUT2D eigenvalue weighted by atomic mass is 9.81. The Labute approximate surface area is 104 Å². The van der Waals surface area contributed by atoms with Crippen LogP contribution in [0.4, 0.5) is 0 Å². The van der Waals surface area contributed by atoms with Crippen molar-refractivity contribution in [2.24, 2.45) is 21.4 Å². The third-order valence-electron chi connectivity index (χ3n) is 3.20. The standard InChI is InChI=1S/C14H23N3/c1-13(2,3)11-10-8-7-9-15-12(10)17(16-11)14(4,5)6/h7-10,12H,1-6H3. The number of hydrogen-bond donors (Lipinski definition) is 0. The van der Waals surface area contributed by atoms with Crippen LogP contribution in [0.15, 0.2) is 22.2 Å². The van der Waals surface area contributed by atoms with Crippen molar-refractivity contribution >= 4 is 11.9 Å². The van der Waals surface area contributed by atoms with Crippen LogP contribution in [0.2, 0.25) is 0 Å². The van der Waals surface area contributed by atoms with Gasteiger partial charge in [0.1, 0.15) is 6.17 Å². The summed E-state index contributed by atoms with van der Waals surface area (Å²) in [5, 5.41) is 7.01. The minimum atomic E-state index is 0.0123. The van der Waals surface area contributed by atoms with Crippen LogP contribution in [0.5, 0.6) is 0 Å². The molecule has 0 aromatic rings. The van der Waals surface area contributed by atoms with Gasteiger partial charge in [0.2, 0.25) is 0 Å². The number of rotatable bonds is 0. The molecule has 3 nitrogen and oxygen atoms in total. The van der Waals surface area contributed by atoms with E-state index in [-0.39, 0.29) is 17.1 Å². The first kappa shape index (κ1) is 12.3. The van der Waals surface area contributed by atoms with Crippen LogP contribution in [0.3, 0.4) is 0 Å². The second-order valence-corrected chi connectivity index (χ2v) is 6.87. The molecule has 2 heterocycles. The topological polar surface area (TPSA) is 28.0 Å². The fourth-order valence-electron chi connectivity index (χ4n) is 2.39. The van der Waals surface area contributed by atoms with E-state index in [0.29, 0.717) is 5.92 Å². The number of aliphatic imine (C=N–C) groups is 1. The molecule has 3 heteroatoms. The van der Waals surface area contributed by atoms with E-state index < -0.39 is 0 Å². The lowest BCUT2D eigenvalue weighted by Crippen LogP contribution is -2.44. The van der Waals surface area contributed by atoms with Crippen molar-refractivity contribution in [3.8, 4) is 0 Å². The molecule has 94 valence electrons. The average Bonchev–Trinajstić information content (AvgIpc) is 2.55. The molecule has 0 spiro atoms. The van der Waals surface area contributed by atoms with Gasteiger partial charge < -0.3 is 0 Å². The fourth-order valence-corrected chi connectivity index (χ4v) is 2.39. The smallest absolute Gasteiger partial charge is 0.149 e. The van der Waals surface area contributed by atoms with E-state index in [1.54, 1.807) is 0 Å². The molecule has 0 saturated heterocycles. The zero-order valence-electron chi connectivity index (χ0n) is 11.7. The number of nitrogens with zero attached hydrogens (tertiary/aromatic N) is 3. The quantitative estimate of drug-likeness (QED) is 0.632. The Morgan fingerprint density at radius 2 is 1.76 bits per heavy atom. The lowest BCUT2D eigenvalue weighted by Gasteiger charge is -2.35. The van der Waals surface area contributed by atoms with E-state index >= 15 is 0 Å². The van der Waals surface area contributed by atoms with Crippen LogP contribution in [0.1, 0.15) is 41.5 Å². The highest BCUT2D eigenvalue weighted by molar-refractivity contribution is 5.95. The summed E-state index contributed by atoms with van der Waals surface area (Å²) in [4.78, 5) is 4.60. The maximum absolute atomic E-state index is 4.86. The van der Waals surface area contributed by atoms with Gasteiger partial charge >= 0.3 is 0 Å². The molecule has 0 aromatic heterocycles.